The third kappa shape index (κ3) is 2.16. The summed E-state index contributed by atoms with van der Waals surface area (Å²) in [7, 11) is 0. The van der Waals surface area contributed by atoms with E-state index in [-0.39, 0.29) is 5.56 Å². The van der Waals surface area contributed by atoms with Crippen LogP contribution in [0, 0.1) is 0 Å². The molecule has 0 amide bonds. The van der Waals surface area contributed by atoms with Gasteiger partial charge in [-0.2, -0.15) is 0 Å². The van der Waals surface area contributed by atoms with E-state index in [2.05, 4.69) is 4.98 Å². The van der Waals surface area contributed by atoms with Gasteiger partial charge >= 0.3 is 0 Å². The van der Waals surface area contributed by atoms with Gasteiger partial charge in [0, 0.05) is 12.6 Å². The van der Waals surface area contributed by atoms with Gasteiger partial charge in [-0.15, -0.1) is 0 Å². The van der Waals surface area contributed by atoms with Gasteiger partial charge in [0.2, 0.25) is 0 Å². The van der Waals surface area contributed by atoms with Crippen molar-refractivity contribution >= 4 is 23.2 Å². The average Bonchev–Trinajstić information content (AvgIpc) is 2.99. The number of fused-ring (bicyclic) bond motifs is 1. The predicted octanol–water partition coefficient (Wildman–Crippen LogP) is 3.18. The van der Waals surface area contributed by atoms with Crippen molar-refractivity contribution in [3.8, 4) is 0 Å². The maximum Gasteiger partial charge on any atom is 0.265 e. The van der Waals surface area contributed by atoms with Gasteiger partial charge in [-0.25, -0.2) is 4.98 Å². The second kappa shape index (κ2) is 5.17. The summed E-state index contributed by atoms with van der Waals surface area (Å²) in [6.07, 6.45) is 5.75. The summed E-state index contributed by atoms with van der Waals surface area (Å²) in [6.45, 7) is 1.98. The molecule has 4 nitrogen and oxygen atoms in total. The molecular weight excluding hydrogens is 252 g/mol. The molecule has 2 aromatic heterocycles. The van der Waals surface area contributed by atoms with Crippen LogP contribution in [-0.4, -0.2) is 9.55 Å². The first-order valence-electron chi connectivity index (χ1n) is 6.51. The number of furan rings is 1. The molecule has 100 valence electrons. The molecule has 3 rings (SSSR count). The van der Waals surface area contributed by atoms with E-state index >= 15 is 0 Å². The van der Waals surface area contributed by atoms with Crippen molar-refractivity contribution in [2.75, 3.05) is 0 Å². The number of hydrogen-bond donors (Lipinski definition) is 0. The van der Waals surface area contributed by atoms with Gasteiger partial charge in [0.25, 0.3) is 5.56 Å². The molecule has 0 radical (unpaired) electrons. The first-order chi connectivity index (χ1) is 9.79. The number of para-hydroxylation sites is 1. The minimum Gasteiger partial charge on any atom is -0.465 e. The fourth-order valence-electron chi connectivity index (χ4n) is 2.13. The van der Waals surface area contributed by atoms with Crippen molar-refractivity contribution in [2.45, 2.75) is 13.3 Å². The lowest BCUT2D eigenvalue weighted by atomic mass is 10.2. The summed E-state index contributed by atoms with van der Waals surface area (Å²) in [5.41, 5.74) is 0.673. The molecular formula is C16H14N2O2. The van der Waals surface area contributed by atoms with Gasteiger partial charge in [0.15, 0.2) is 0 Å². The van der Waals surface area contributed by atoms with Gasteiger partial charge in [0.1, 0.15) is 11.6 Å². The Bertz CT molecular complexity index is 814. The molecule has 4 heteroatoms. The molecule has 0 aliphatic heterocycles. The zero-order valence-electron chi connectivity index (χ0n) is 11.1. The molecule has 2 heterocycles. The maximum absolute atomic E-state index is 12.5. The third-order valence-electron chi connectivity index (χ3n) is 3.13. The number of nitrogens with zero attached hydrogens (tertiary/aromatic N) is 2. The Morgan fingerprint density at radius 1 is 1.25 bits per heavy atom. The summed E-state index contributed by atoms with van der Waals surface area (Å²) in [5.74, 6) is 1.43. The zero-order chi connectivity index (χ0) is 13.9. The van der Waals surface area contributed by atoms with Gasteiger partial charge in [-0.3, -0.25) is 9.36 Å². The van der Waals surface area contributed by atoms with Crippen LogP contribution in [0.4, 0.5) is 0 Å². The van der Waals surface area contributed by atoms with E-state index in [1.807, 2.05) is 37.3 Å². The second-order valence-corrected chi connectivity index (χ2v) is 4.41. The van der Waals surface area contributed by atoms with Gasteiger partial charge in [-0.05, 0) is 30.3 Å². The van der Waals surface area contributed by atoms with E-state index in [1.165, 1.54) is 0 Å². The van der Waals surface area contributed by atoms with Crippen LogP contribution >= 0.6 is 0 Å². The van der Waals surface area contributed by atoms with Crippen LogP contribution in [-0.2, 0) is 6.42 Å². The average molecular weight is 266 g/mol. The third-order valence-corrected chi connectivity index (χ3v) is 3.13. The highest BCUT2D eigenvalue weighted by atomic mass is 16.3. The molecule has 0 aliphatic carbocycles. The monoisotopic (exact) mass is 266 g/mol. The minimum absolute atomic E-state index is 0.0599. The largest absolute Gasteiger partial charge is 0.465 e. The number of aryl methyl sites for hydroxylation is 1. The van der Waals surface area contributed by atoms with Crippen molar-refractivity contribution < 1.29 is 4.42 Å². The fourth-order valence-corrected chi connectivity index (χ4v) is 2.13. The summed E-state index contributed by atoms with van der Waals surface area (Å²) in [4.78, 5) is 17.0. The highest BCUT2D eigenvalue weighted by Crippen LogP contribution is 2.10. The van der Waals surface area contributed by atoms with Crippen LogP contribution < -0.4 is 5.56 Å². The molecule has 0 fully saturated rings. The Hall–Kier alpha value is -2.62. The van der Waals surface area contributed by atoms with Crippen LogP contribution in [0.15, 0.2) is 51.9 Å². The Morgan fingerprint density at radius 2 is 2.10 bits per heavy atom. The van der Waals surface area contributed by atoms with Crippen molar-refractivity contribution in [1.29, 1.82) is 0 Å². The van der Waals surface area contributed by atoms with E-state index < -0.39 is 0 Å². The molecule has 0 saturated heterocycles. The molecule has 0 unspecified atom stereocenters. The first-order valence-corrected chi connectivity index (χ1v) is 6.51. The fraction of sp³-hybridized carbons (Fsp3) is 0.125. The lowest BCUT2D eigenvalue weighted by molar-refractivity contribution is 0.557. The van der Waals surface area contributed by atoms with E-state index in [4.69, 9.17) is 4.42 Å². The zero-order valence-corrected chi connectivity index (χ0v) is 11.1. The van der Waals surface area contributed by atoms with Crippen LogP contribution in [0.5, 0.6) is 0 Å². The van der Waals surface area contributed by atoms with Crippen LogP contribution in [0.1, 0.15) is 18.5 Å². The molecule has 3 aromatic rings. The van der Waals surface area contributed by atoms with Crippen LogP contribution in [0.3, 0.4) is 0 Å². The lowest BCUT2D eigenvalue weighted by Crippen LogP contribution is -2.21. The number of hydrogen-bond acceptors (Lipinski definition) is 3. The Labute approximate surface area is 116 Å². The van der Waals surface area contributed by atoms with Crippen molar-refractivity contribution in [3.05, 3.63) is 64.6 Å². The molecule has 0 atom stereocenters. The number of benzene rings is 1. The topological polar surface area (TPSA) is 48.0 Å². The SMILES string of the molecule is CCc1nc2ccccc2c(=O)n1/C=C/c1ccco1. The minimum atomic E-state index is -0.0599. The van der Waals surface area contributed by atoms with Gasteiger partial charge in [0.05, 0.1) is 17.2 Å². The van der Waals surface area contributed by atoms with Crippen molar-refractivity contribution in [3.63, 3.8) is 0 Å². The highest BCUT2D eigenvalue weighted by Gasteiger charge is 2.07. The summed E-state index contributed by atoms with van der Waals surface area (Å²) in [5, 5.41) is 0.619. The first kappa shape index (κ1) is 12.4. The molecule has 0 bridgehead atoms. The Kier molecular flexibility index (Phi) is 3.21. The summed E-state index contributed by atoms with van der Waals surface area (Å²) >= 11 is 0. The molecule has 0 spiro atoms. The molecule has 0 aliphatic rings. The Morgan fingerprint density at radius 3 is 2.85 bits per heavy atom. The van der Waals surface area contributed by atoms with E-state index in [0.29, 0.717) is 17.6 Å². The molecule has 1 aromatic carbocycles. The van der Waals surface area contributed by atoms with E-state index in [0.717, 1.165) is 11.3 Å². The lowest BCUT2D eigenvalue weighted by Gasteiger charge is -2.07. The van der Waals surface area contributed by atoms with E-state index in [9.17, 15) is 4.79 Å². The number of rotatable bonds is 3. The number of aromatic nitrogens is 2. The van der Waals surface area contributed by atoms with Crippen LogP contribution in [0.25, 0.3) is 23.2 Å². The quantitative estimate of drug-likeness (QED) is 0.731. The predicted molar refractivity (Wildman–Crippen MR) is 79.3 cm³/mol. The highest BCUT2D eigenvalue weighted by molar-refractivity contribution is 5.78. The normalized spacial score (nSPS) is 11.4. The smallest absolute Gasteiger partial charge is 0.265 e. The molecule has 0 saturated carbocycles. The van der Waals surface area contributed by atoms with Crippen LogP contribution in [0.2, 0.25) is 0 Å². The van der Waals surface area contributed by atoms with Crippen molar-refractivity contribution in [2.24, 2.45) is 0 Å². The van der Waals surface area contributed by atoms with E-state index in [1.54, 1.807) is 29.2 Å². The summed E-state index contributed by atoms with van der Waals surface area (Å²) < 4.78 is 6.81. The van der Waals surface area contributed by atoms with Gasteiger partial charge < -0.3 is 4.42 Å². The maximum atomic E-state index is 12.5. The van der Waals surface area contributed by atoms with Crippen molar-refractivity contribution in [1.82, 2.24) is 9.55 Å². The Balaban J connectivity index is 2.18. The molecule has 0 N–H and O–H groups in total. The van der Waals surface area contributed by atoms with Gasteiger partial charge in [-0.1, -0.05) is 19.1 Å². The molecule has 20 heavy (non-hydrogen) atoms. The standard InChI is InChI=1S/C16H14N2O2/c1-2-15-17-14-8-4-3-7-13(14)16(19)18(15)10-9-12-6-5-11-20-12/h3-11H,2H2,1H3/b10-9+. The summed E-state index contributed by atoms with van der Waals surface area (Å²) in [6, 6.07) is 11.0. The second-order valence-electron chi connectivity index (χ2n) is 4.41.